The summed E-state index contributed by atoms with van der Waals surface area (Å²) >= 11 is 0. The number of primary amides is 1. The van der Waals surface area contributed by atoms with Gasteiger partial charge in [-0.1, -0.05) is 6.07 Å². The van der Waals surface area contributed by atoms with E-state index in [1.54, 1.807) is 0 Å². The Balaban J connectivity index is 1.54. The molecule has 1 saturated heterocycles. The number of benzene rings is 1. The van der Waals surface area contributed by atoms with Crippen LogP contribution in [0, 0.1) is 6.92 Å². The van der Waals surface area contributed by atoms with Crippen molar-refractivity contribution in [3.63, 3.8) is 0 Å². The third-order valence-electron chi connectivity index (χ3n) is 4.79. The third kappa shape index (κ3) is 3.47. The molecule has 2 heterocycles. The zero-order valence-electron chi connectivity index (χ0n) is 13.3. The molecule has 2 N–H and O–H groups in total. The molecule has 1 fully saturated rings. The van der Waals surface area contributed by atoms with Gasteiger partial charge in [0.2, 0.25) is 0 Å². The lowest BCUT2D eigenvalue weighted by atomic mass is 9.96. The molecule has 0 bridgehead atoms. The Bertz CT molecular complexity index is 621. The van der Waals surface area contributed by atoms with Crippen LogP contribution >= 0.6 is 0 Å². The molecule has 6 heteroatoms. The number of likely N-dealkylation sites (tertiary alicyclic amines) is 1. The number of ether oxygens (including phenoxy) is 2. The molecule has 0 spiro atoms. The van der Waals surface area contributed by atoms with E-state index in [1.165, 1.54) is 11.1 Å². The first-order valence-corrected chi connectivity index (χ1v) is 8.01. The Morgan fingerprint density at radius 3 is 2.83 bits per heavy atom. The van der Waals surface area contributed by atoms with Gasteiger partial charge < -0.3 is 20.1 Å². The number of carbonyl (C=O) groups excluding carboxylic acids is 2. The molecule has 0 saturated carbocycles. The van der Waals surface area contributed by atoms with Crippen molar-refractivity contribution < 1.29 is 19.1 Å². The molecule has 0 unspecified atom stereocenters. The maximum Gasteiger partial charge on any atom is 0.404 e. The highest BCUT2D eigenvalue weighted by Crippen LogP contribution is 2.26. The summed E-state index contributed by atoms with van der Waals surface area (Å²) in [6, 6.07) is 3.91. The van der Waals surface area contributed by atoms with E-state index in [2.05, 4.69) is 11.8 Å². The molecule has 0 atom stereocenters. The predicted octanol–water partition coefficient (Wildman–Crippen LogP) is 1.77. The molecule has 2 aliphatic rings. The molecule has 1 aromatic rings. The largest absolute Gasteiger partial charge is 0.457 e. The normalized spacial score (nSPS) is 18.6. The summed E-state index contributed by atoms with van der Waals surface area (Å²) in [4.78, 5) is 24.7. The van der Waals surface area contributed by atoms with Crippen LogP contribution in [0.1, 0.15) is 39.9 Å². The second kappa shape index (κ2) is 6.58. The minimum Gasteiger partial charge on any atom is -0.457 e. The van der Waals surface area contributed by atoms with Crippen LogP contribution < -0.4 is 5.73 Å². The number of fused-ring (bicyclic) bond motifs is 1. The van der Waals surface area contributed by atoms with Crippen molar-refractivity contribution in [3.8, 4) is 0 Å². The fourth-order valence-corrected chi connectivity index (χ4v) is 3.36. The highest BCUT2D eigenvalue weighted by atomic mass is 16.6. The van der Waals surface area contributed by atoms with Crippen LogP contribution in [0.4, 0.5) is 4.79 Å². The monoisotopic (exact) mass is 318 g/mol. The number of piperidine rings is 1. The smallest absolute Gasteiger partial charge is 0.404 e. The zero-order chi connectivity index (χ0) is 16.4. The van der Waals surface area contributed by atoms with Crippen LogP contribution in [0.2, 0.25) is 0 Å². The molecule has 124 valence electrons. The molecule has 2 aliphatic heterocycles. The number of hydrogen-bond donors (Lipinski definition) is 1. The van der Waals surface area contributed by atoms with E-state index in [0.717, 1.165) is 44.5 Å². The quantitative estimate of drug-likeness (QED) is 0.856. The van der Waals surface area contributed by atoms with Crippen LogP contribution in [0.3, 0.4) is 0 Å². The van der Waals surface area contributed by atoms with Gasteiger partial charge in [0.25, 0.3) is 0 Å². The lowest BCUT2D eigenvalue weighted by Gasteiger charge is -2.31. The molecule has 0 aromatic heterocycles. The van der Waals surface area contributed by atoms with E-state index in [9.17, 15) is 9.59 Å². The topological polar surface area (TPSA) is 81.9 Å². The minimum atomic E-state index is -0.686. The van der Waals surface area contributed by atoms with Gasteiger partial charge in [-0.3, -0.25) is 0 Å². The molecular formula is C17H22N2O4. The summed E-state index contributed by atoms with van der Waals surface area (Å²) in [5.74, 6) is -0.217. The average molecular weight is 318 g/mol. The van der Waals surface area contributed by atoms with E-state index in [-0.39, 0.29) is 12.1 Å². The van der Waals surface area contributed by atoms with Gasteiger partial charge in [-0.05, 0) is 43.4 Å². The highest BCUT2D eigenvalue weighted by molar-refractivity contribution is 5.93. The SMILES string of the molecule is Cc1c(CCN2CCC(OC(N)=O)CC2)ccc2c1COC2=O. The van der Waals surface area contributed by atoms with Gasteiger partial charge in [-0.15, -0.1) is 0 Å². The number of carbonyl (C=O) groups is 2. The number of rotatable bonds is 4. The number of cyclic esters (lactones) is 1. The standard InChI is InChI=1S/C17H22N2O4/c1-11-12(2-3-14-15(11)10-22-16(14)20)4-7-19-8-5-13(6-9-19)23-17(18)21/h2-3,13H,4-10H2,1H3,(H2,18,21). The number of hydrogen-bond acceptors (Lipinski definition) is 5. The molecule has 3 rings (SSSR count). The molecular weight excluding hydrogens is 296 g/mol. The maximum atomic E-state index is 11.6. The van der Waals surface area contributed by atoms with Crippen LogP contribution in [0.15, 0.2) is 12.1 Å². The molecule has 1 aromatic carbocycles. The molecule has 1 amide bonds. The predicted molar refractivity (Wildman–Crippen MR) is 84.1 cm³/mol. The summed E-state index contributed by atoms with van der Waals surface area (Å²) in [6.45, 7) is 5.22. The number of amides is 1. The average Bonchev–Trinajstić information content (AvgIpc) is 2.90. The summed E-state index contributed by atoms with van der Waals surface area (Å²) < 4.78 is 10.1. The maximum absolute atomic E-state index is 11.6. The second-order valence-electron chi connectivity index (χ2n) is 6.18. The van der Waals surface area contributed by atoms with E-state index in [0.29, 0.717) is 12.2 Å². The van der Waals surface area contributed by atoms with Crippen molar-refractivity contribution in [3.05, 3.63) is 34.4 Å². The van der Waals surface area contributed by atoms with Crippen molar-refractivity contribution >= 4 is 12.1 Å². The fraction of sp³-hybridized carbons (Fsp3) is 0.529. The zero-order valence-corrected chi connectivity index (χ0v) is 13.3. The lowest BCUT2D eigenvalue weighted by Crippen LogP contribution is -2.39. The Hall–Kier alpha value is -2.08. The summed E-state index contributed by atoms with van der Waals surface area (Å²) in [5.41, 5.74) is 9.22. The Labute approximate surface area is 135 Å². The van der Waals surface area contributed by atoms with Crippen LogP contribution in [-0.2, 0) is 22.5 Å². The van der Waals surface area contributed by atoms with Crippen molar-refractivity contribution in [1.29, 1.82) is 0 Å². The minimum absolute atomic E-state index is 0.0476. The Morgan fingerprint density at radius 2 is 2.13 bits per heavy atom. The lowest BCUT2D eigenvalue weighted by molar-refractivity contribution is 0.0533. The Morgan fingerprint density at radius 1 is 1.39 bits per heavy atom. The molecule has 23 heavy (non-hydrogen) atoms. The Kier molecular flexibility index (Phi) is 4.52. The van der Waals surface area contributed by atoms with E-state index in [4.69, 9.17) is 15.2 Å². The van der Waals surface area contributed by atoms with E-state index in [1.807, 2.05) is 12.1 Å². The summed E-state index contributed by atoms with van der Waals surface area (Å²) in [7, 11) is 0. The van der Waals surface area contributed by atoms with Crippen LogP contribution in [0.25, 0.3) is 0 Å². The third-order valence-corrected chi connectivity index (χ3v) is 4.79. The van der Waals surface area contributed by atoms with Gasteiger partial charge >= 0.3 is 12.1 Å². The first kappa shape index (κ1) is 15.8. The van der Waals surface area contributed by atoms with Crippen molar-refractivity contribution in [2.24, 2.45) is 5.73 Å². The highest BCUT2D eigenvalue weighted by Gasteiger charge is 2.25. The van der Waals surface area contributed by atoms with Gasteiger partial charge in [0, 0.05) is 25.2 Å². The number of nitrogens with zero attached hydrogens (tertiary/aromatic N) is 1. The van der Waals surface area contributed by atoms with E-state index >= 15 is 0 Å². The van der Waals surface area contributed by atoms with Crippen LogP contribution in [-0.4, -0.2) is 42.7 Å². The molecule has 6 nitrogen and oxygen atoms in total. The van der Waals surface area contributed by atoms with Gasteiger partial charge in [-0.2, -0.15) is 0 Å². The van der Waals surface area contributed by atoms with Crippen molar-refractivity contribution in [1.82, 2.24) is 4.90 Å². The molecule has 0 radical (unpaired) electrons. The van der Waals surface area contributed by atoms with E-state index < -0.39 is 6.09 Å². The van der Waals surface area contributed by atoms with Crippen molar-refractivity contribution in [2.75, 3.05) is 19.6 Å². The fourth-order valence-electron chi connectivity index (χ4n) is 3.36. The first-order chi connectivity index (χ1) is 11.0. The number of nitrogens with two attached hydrogens (primary N) is 1. The van der Waals surface area contributed by atoms with Crippen LogP contribution in [0.5, 0.6) is 0 Å². The van der Waals surface area contributed by atoms with Gasteiger partial charge in [-0.25, -0.2) is 9.59 Å². The second-order valence-corrected chi connectivity index (χ2v) is 6.18. The van der Waals surface area contributed by atoms with Crippen molar-refractivity contribution in [2.45, 2.75) is 38.9 Å². The summed E-state index contributed by atoms with van der Waals surface area (Å²) in [6.07, 6.45) is 1.86. The van der Waals surface area contributed by atoms with Gasteiger partial charge in [0.1, 0.15) is 12.7 Å². The molecule has 0 aliphatic carbocycles. The number of esters is 1. The van der Waals surface area contributed by atoms with Gasteiger partial charge in [0.05, 0.1) is 5.56 Å². The summed E-state index contributed by atoms with van der Waals surface area (Å²) in [5, 5.41) is 0. The first-order valence-electron chi connectivity index (χ1n) is 8.01. The van der Waals surface area contributed by atoms with Gasteiger partial charge in [0.15, 0.2) is 0 Å².